The first-order valence-electron chi connectivity index (χ1n) is 4.92. The summed E-state index contributed by atoms with van der Waals surface area (Å²) in [6, 6.07) is 6.63. The van der Waals surface area contributed by atoms with E-state index in [9.17, 15) is 0 Å². The Bertz CT molecular complexity index is 340. The molecular weight excluding hydrogens is 214 g/mol. The lowest BCUT2D eigenvalue weighted by Crippen LogP contribution is -2.25. The highest BCUT2D eigenvalue weighted by Crippen LogP contribution is 2.44. The molecule has 2 unspecified atom stereocenters. The average molecular weight is 228 g/mol. The van der Waals surface area contributed by atoms with Crippen LogP contribution in [0.25, 0.3) is 0 Å². The van der Waals surface area contributed by atoms with Crippen molar-refractivity contribution >= 4 is 23.4 Å². The van der Waals surface area contributed by atoms with E-state index >= 15 is 0 Å². The summed E-state index contributed by atoms with van der Waals surface area (Å²) in [6.45, 7) is 5.40. The molecule has 3 heteroatoms. The summed E-state index contributed by atoms with van der Waals surface area (Å²) in [5.41, 5.74) is 1.36. The second-order valence-electron chi connectivity index (χ2n) is 3.54. The smallest absolute Gasteiger partial charge is 0.0453 e. The lowest BCUT2D eigenvalue weighted by Gasteiger charge is -2.16. The number of hydrogen-bond donors (Lipinski definition) is 1. The highest BCUT2D eigenvalue weighted by molar-refractivity contribution is 8.00. The summed E-state index contributed by atoms with van der Waals surface area (Å²) >= 11 is 7.93. The number of nitrogens with one attached hydrogen (secondary N) is 1. The SMILES string of the molecule is CCNC1c2cc(Cl)ccc2SC1C. The van der Waals surface area contributed by atoms with E-state index in [4.69, 9.17) is 11.6 Å². The first-order chi connectivity index (χ1) is 6.72. The third kappa shape index (κ3) is 1.79. The van der Waals surface area contributed by atoms with Crippen LogP contribution < -0.4 is 5.32 Å². The van der Waals surface area contributed by atoms with E-state index in [2.05, 4.69) is 31.3 Å². The summed E-state index contributed by atoms with van der Waals surface area (Å²) in [5, 5.41) is 4.93. The van der Waals surface area contributed by atoms with Gasteiger partial charge in [-0.1, -0.05) is 25.4 Å². The van der Waals surface area contributed by atoms with Gasteiger partial charge in [-0.15, -0.1) is 11.8 Å². The molecule has 0 amide bonds. The van der Waals surface area contributed by atoms with Crippen molar-refractivity contribution in [2.75, 3.05) is 6.54 Å². The molecule has 1 aliphatic rings. The number of thioether (sulfide) groups is 1. The number of halogens is 1. The zero-order chi connectivity index (χ0) is 10.1. The molecule has 1 nitrogen and oxygen atoms in total. The Kier molecular flexibility index (Phi) is 3.05. The van der Waals surface area contributed by atoms with Gasteiger partial charge in [-0.3, -0.25) is 0 Å². The van der Waals surface area contributed by atoms with Crippen molar-refractivity contribution in [2.24, 2.45) is 0 Å². The predicted octanol–water partition coefficient (Wildman–Crippen LogP) is 3.48. The molecule has 0 saturated heterocycles. The zero-order valence-corrected chi connectivity index (χ0v) is 9.95. The van der Waals surface area contributed by atoms with Crippen LogP contribution in [0.5, 0.6) is 0 Å². The Balaban J connectivity index is 2.34. The maximum Gasteiger partial charge on any atom is 0.0453 e. The van der Waals surface area contributed by atoms with Crippen LogP contribution in [0.3, 0.4) is 0 Å². The largest absolute Gasteiger partial charge is 0.309 e. The molecule has 0 spiro atoms. The molecule has 14 heavy (non-hydrogen) atoms. The Labute approximate surface area is 94.2 Å². The maximum atomic E-state index is 6.00. The van der Waals surface area contributed by atoms with Gasteiger partial charge in [0.05, 0.1) is 0 Å². The quantitative estimate of drug-likeness (QED) is 0.830. The summed E-state index contributed by atoms with van der Waals surface area (Å²) in [7, 11) is 0. The predicted molar refractivity (Wildman–Crippen MR) is 63.2 cm³/mol. The molecule has 76 valence electrons. The van der Waals surface area contributed by atoms with Crippen LogP contribution in [0.1, 0.15) is 25.5 Å². The van der Waals surface area contributed by atoms with Gasteiger partial charge in [-0.05, 0) is 30.3 Å². The van der Waals surface area contributed by atoms with Crippen molar-refractivity contribution in [2.45, 2.75) is 30.0 Å². The molecule has 0 aromatic heterocycles. The summed E-state index contributed by atoms with van der Waals surface area (Å²) < 4.78 is 0. The van der Waals surface area contributed by atoms with Crippen LogP contribution in [0.2, 0.25) is 5.02 Å². The second kappa shape index (κ2) is 4.13. The Morgan fingerprint density at radius 2 is 2.29 bits per heavy atom. The topological polar surface area (TPSA) is 12.0 Å². The minimum absolute atomic E-state index is 0.457. The molecular formula is C11H14ClNS. The van der Waals surface area contributed by atoms with Gasteiger partial charge in [0.25, 0.3) is 0 Å². The first-order valence-corrected chi connectivity index (χ1v) is 6.17. The van der Waals surface area contributed by atoms with Crippen molar-refractivity contribution in [3.63, 3.8) is 0 Å². The lowest BCUT2D eigenvalue weighted by atomic mass is 10.0. The third-order valence-electron chi connectivity index (χ3n) is 2.51. The molecule has 0 bridgehead atoms. The minimum atomic E-state index is 0.457. The fourth-order valence-corrected chi connectivity index (χ4v) is 3.32. The monoisotopic (exact) mass is 227 g/mol. The molecule has 1 N–H and O–H groups in total. The van der Waals surface area contributed by atoms with Gasteiger partial charge in [-0.25, -0.2) is 0 Å². The summed E-state index contributed by atoms with van der Waals surface area (Å²) in [5.74, 6) is 0. The normalized spacial score (nSPS) is 25.1. The lowest BCUT2D eigenvalue weighted by molar-refractivity contribution is 0.553. The summed E-state index contributed by atoms with van der Waals surface area (Å²) in [4.78, 5) is 1.37. The van der Waals surface area contributed by atoms with Crippen molar-refractivity contribution in [3.8, 4) is 0 Å². The molecule has 1 aliphatic heterocycles. The van der Waals surface area contributed by atoms with Crippen LogP contribution >= 0.6 is 23.4 Å². The number of fused-ring (bicyclic) bond motifs is 1. The van der Waals surface area contributed by atoms with Gasteiger partial charge in [0.2, 0.25) is 0 Å². The van der Waals surface area contributed by atoms with E-state index in [0.717, 1.165) is 11.6 Å². The van der Waals surface area contributed by atoms with Crippen LogP contribution in [-0.4, -0.2) is 11.8 Å². The first kappa shape index (κ1) is 10.3. The fraction of sp³-hybridized carbons (Fsp3) is 0.455. The van der Waals surface area contributed by atoms with E-state index in [0.29, 0.717) is 11.3 Å². The molecule has 0 radical (unpaired) electrons. The van der Waals surface area contributed by atoms with E-state index in [1.54, 1.807) is 0 Å². The van der Waals surface area contributed by atoms with Crippen molar-refractivity contribution in [1.82, 2.24) is 5.32 Å². The van der Waals surface area contributed by atoms with Gasteiger partial charge < -0.3 is 5.32 Å². The van der Waals surface area contributed by atoms with Crippen LogP contribution in [0.4, 0.5) is 0 Å². The minimum Gasteiger partial charge on any atom is -0.309 e. The van der Waals surface area contributed by atoms with Crippen molar-refractivity contribution in [3.05, 3.63) is 28.8 Å². The molecule has 1 aromatic carbocycles. The molecule has 2 rings (SSSR count). The molecule has 1 aromatic rings. The van der Waals surface area contributed by atoms with Crippen LogP contribution in [0, 0.1) is 0 Å². The zero-order valence-electron chi connectivity index (χ0n) is 8.38. The van der Waals surface area contributed by atoms with Gasteiger partial charge in [0, 0.05) is 21.2 Å². The Morgan fingerprint density at radius 1 is 1.50 bits per heavy atom. The molecule has 0 aliphatic carbocycles. The second-order valence-corrected chi connectivity index (χ2v) is 5.40. The van der Waals surface area contributed by atoms with Gasteiger partial charge in [0.15, 0.2) is 0 Å². The van der Waals surface area contributed by atoms with Crippen molar-refractivity contribution < 1.29 is 0 Å². The maximum absolute atomic E-state index is 6.00. The van der Waals surface area contributed by atoms with E-state index < -0.39 is 0 Å². The number of benzene rings is 1. The number of rotatable bonds is 2. The molecule has 2 atom stereocenters. The van der Waals surface area contributed by atoms with Crippen LogP contribution in [-0.2, 0) is 0 Å². The molecule has 0 fully saturated rings. The van der Waals surface area contributed by atoms with Crippen LogP contribution in [0.15, 0.2) is 23.1 Å². The van der Waals surface area contributed by atoms with E-state index in [-0.39, 0.29) is 0 Å². The highest BCUT2D eigenvalue weighted by atomic mass is 35.5. The van der Waals surface area contributed by atoms with Gasteiger partial charge in [-0.2, -0.15) is 0 Å². The van der Waals surface area contributed by atoms with Gasteiger partial charge in [0.1, 0.15) is 0 Å². The standard InChI is InChI=1S/C11H14ClNS/c1-3-13-11-7(2)14-10-5-4-8(12)6-9(10)11/h4-7,11,13H,3H2,1-2H3. The Morgan fingerprint density at radius 3 is 3.00 bits per heavy atom. The molecule has 1 heterocycles. The van der Waals surface area contributed by atoms with Crippen molar-refractivity contribution in [1.29, 1.82) is 0 Å². The average Bonchev–Trinajstić information content (AvgIpc) is 2.45. The van der Waals surface area contributed by atoms with E-state index in [1.165, 1.54) is 10.5 Å². The third-order valence-corrected chi connectivity index (χ3v) is 4.02. The summed E-state index contributed by atoms with van der Waals surface area (Å²) in [6.07, 6.45) is 0. The molecule has 0 saturated carbocycles. The highest BCUT2D eigenvalue weighted by Gasteiger charge is 2.29. The van der Waals surface area contributed by atoms with Gasteiger partial charge >= 0.3 is 0 Å². The fourth-order valence-electron chi connectivity index (χ4n) is 1.89. The Hall–Kier alpha value is -0.180. The number of hydrogen-bond acceptors (Lipinski definition) is 2. The van der Waals surface area contributed by atoms with E-state index in [1.807, 2.05) is 17.8 Å².